The molecule has 1 heterocycles. The minimum atomic E-state index is -1.87. The second-order valence-corrected chi connectivity index (χ2v) is 12.2. The van der Waals surface area contributed by atoms with E-state index < -0.39 is 17.4 Å². The Morgan fingerprint density at radius 1 is 0.935 bits per heavy atom. The number of aliphatic hydroxyl groups is 2. The van der Waals surface area contributed by atoms with Gasteiger partial charge in [-0.15, -0.1) is 0 Å². The molecule has 8 nitrogen and oxygen atoms in total. The first-order valence-corrected chi connectivity index (χ1v) is 15.9. The lowest BCUT2D eigenvalue weighted by Crippen LogP contribution is -2.44. The molecule has 0 fully saturated rings. The van der Waals surface area contributed by atoms with Crippen LogP contribution in [0.4, 0.5) is 17.1 Å². The maximum Gasteiger partial charge on any atom is 0.264 e. The number of hydrogen-bond acceptors (Lipinski definition) is 5. The van der Waals surface area contributed by atoms with E-state index in [9.17, 15) is 24.6 Å². The number of nitrogens with zero attached hydrogens (tertiary/aromatic N) is 3. The van der Waals surface area contributed by atoms with Crippen LogP contribution in [-0.4, -0.2) is 46.5 Å². The summed E-state index contributed by atoms with van der Waals surface area (Å²) in [6.45, 7) is 2.35. The molecule has 0 saturated carbocycles. The van der Waals surface area contributed by atoms with Crippen molar-refractivity contribution in [3.05, 3.63) is 136 Å². The predicted molar refractivity (Wildman–Crippen MR) is 182 cm³/mol. The number of aliphatic hydroxyl groups excluding tert-OH is 1. The lowest BCUT2D eigenvalue weighted by molar-refractivity contribution is -0.139. The molecule has 236 valence electrons. The molecule has 4 aromatic rings. The fourth-order valence-electron chi connectivity index (χ4n) is 5.78. The number of carbonyl (C=O) groups excluding carboxylic acids is 3. The Bertz CT molecular complexity index is 1710. The number of fused-ring (bicyclic) bond motifs is 1. The molecule has 2 N–H and O–H groups in total. The standard InChI is InChI=1S/C37H36BrN3O5/c1-27(10-8-17-35(44)39(20-21-42)24-28-11-4-2-5-12-28)37(46)33-23-30(38)18-19-34(33)40(36(37)45)25-29-13-9-16-32(22-29)41(26-43)31-14-6-3-7-15-31/h2-16,18-19,22-23,26-27,42,46H,17,20-21,24-25H2,1H3/b10-8+/t27-,37+/m1/s1. The number of anilines is 3. The van der Waals surface area contributed by atoms with E-state index in [-0.39, 0.29) is 32.0 Å². The van der Waals surface area contributed by atoms with E-state index in [1.165, 1.54) is 4.90 Å². The van der Waals surface area contributed by atoms with E-state index in [0.29, 0.717) is 23.5 Å². The molecule has 46 heavy (non-hydrogen) atoms. The third-order valence-electron chi connectivity index (χ3n) is 8.22. The highest BCUT2D eigenvalue weighted by molar-refractivity contribution is 9.10. The Kier molecular flexibility index (Phi) is 10.5. The average Bonchev–Trinajstić information content (AvgIpc) is 3.28. The third-order valence-corrected chi connectivity index (χ3v) is 8.71. The van der Waals surface area contributed by atoms with E-state index in [1.54, 1.807) is 41.0 Å². The van der Waals surface area contributed by atoms with Crippen molar-refractivity contribution in [1.82, 2.24) is 4.90 Å². The van der Waals surface area contributed by atoms with Crippen LogP contribution in [0.15, 0.2) is 120 Å². The minimum absolute atomic E-state index is 0.0535. The van der Waals surface area contributed by atoms with Crippen molar-refractivity contribution in [2.75, 3.05) is 23.0 Å². The molecule has 0 saturated heterocycles. The number of para-hydroxylation sites is 1. The Morgan fingerprint density at radius 2 is 1.61 bits per heavy atom. The van der Waals surface area contributed by atoms with Gasteiger partial charge in [-0.2, -0.15) is 0 Å². The summed E-state index contributed by atoms with van der Waals surface area (Å²) < 4.78 is 0.720. The fraction of sp³-hybridized carbons (Fsp3) is 0.216. The highest BCUT2D eigenvalue weighted by Crippen LogP contribution is 2.47. The molecule has 5 rings (SSSR count). The highest BCUT2D eigenvalue weighted by Gasteiger charge is 2.52. The van der Waals surface area contributed by atoms with E-state index in [1.807, 2.05) is 91.0 Å². The van der Waals surface area contributed by atoms with Crippen LogP contribution >= 0.6 is 15.9 Å². The zero-order valence-electron chi connectivity index (χ0n) is 25.5. The maximum atomic E-state index is 14.1. The third kappa shape index (κ3) is 6.97. The van der Waals surface area contributed by atoms with E-state index in [2.05, 4.69) is 15.9 Å². The molecular weight excluding hydrogens is 646 g/mol. The van der Waals surface area contributed by atoms with Gasteiger partial charge < -0.3 is 20.0 Å². The summed E-state index contributed by atoms with van der Waals surface area (Å²) in [7, 11) is 0. The van der Waals surface area contributed by atoms with Gasteiger partial charge in [0.15, 0.2) is 5.60 Å². The molecule has 2 atom stereocenters. The van der Waals surface area contributed by atoms with Crippen molar-refractivity contribution in [3.63, 3.8) is 0 Å². The van der Waals surface area contributed by atoms with Gasteiger partial charge >= 0.3 is 0 Å². The van der Waals surface area contributed by atoms with E-state index in [4.69, 9.17) is 0 Å². The summed E-state index contributed by atoms with van der Waals surface area (Å²) in [6, 6.07) is 31.6. The molecule has 4 aromatic carbocycles. The lowest BCUT2D eigenvalue weighted by atomic mass is 9.83. The Morgan fingerprint density at radius 3 is 2.30 bits per heavy atom. The second kappa shape index (κ2) is 14.7. The van der Waals surface area contributed by atoms with Crippen LogP contribution in [0, 0.1) is 5.92 Å². The van der Waals surface area contributed by atoms with Crippen molar-refractivity contribution >= 4 is 51.2 Å². The van der Waals surface area contributed by atoms with Gasteiger partial charge in [0.1, 0.15) is 0 Å². The first-order chi connectivity index (χ1) is 22.3. The lowest BCUT2D eigenvalue weighted by Gasteiger charge is -2.28. The summed E-state index contributed by atoms with van der Waals surface area (Å²) in [5.74, 6) is -1.31. The van der Waals surface area contributed by atoms with Crippen LogP contribution in [-0.2, 0) is 33.1 Å². The quantitative estimate of drug-likeness (QED) is 0.132. The SMILES string of the molecule is C[C@H](/C=C/CC(=O)N(CCO)Cc1ccccc1)[C@@]1(O)C(=O)N(Cc2cccc(N(C=O)c3ccccc3)c2)c2ccc(Br)cc21. The van der Waals surface area contributed by atoms with Gasteiger partial charge in [-0.3, -0.25) is 19.3 Å². The van der Waals surface area contributed by atoms with Crippen molar-refractivity contribution in [3.8, 4) is 0 Å². The number of benzene rings is 4. The largest absolute Gasteiger partial charge is 0.395 e. The van der Waals surface area contributed by atoms with Gasteiger partial charge in [0, 0.05) is 46.8 Å². The highest BCUT2D eigenvalue weighted by atomic mass is 79.9. The molecule has 0 aliphatic carbocycles. The number of hydrogen-bond donors (Lipinski definition) is 2. The predicted octanol–water partition coefficient (Wildman–Crippen LogP) is 6.08. The summed E-state index contributed by atoms with van der Waals surface area (Å²) in [5, 5.41) is 21.6. The number of amides is 3. The van der Waals surface area contributed by atoms with Gasteiger partial charge in [0.05, 0.1) is 18.8 Å². The topological polar surface area (TPSA) is 101 Å². The Hall–Kier alpha value is -4.57. The van der Waals surface area contributed by atoms with Crippen LogP contribution in [0.2, 0.25) is 0 Å². The summed E-state index contributed by atoms with van der Waals surface area (Å²) in [4.78, 5) is 43.9. The second-order valence-electron chi connectivity index (χ2n) is 11.2. The summed E-state index contributed by atoms with van der Waals surface area (Å²) >= 11 is 3.49. The van der Waals surface area contributed by atoms with Crippen LogP contribution in [0.3, 0.4) is 0 Å². The molecule has 1 aliphatic heterocycles. The van der Waals surface area contributed by atoms with E-state index in [0.717, 1.165) is 27.7 Å². The molecule has 0 spiro atoms. The zero-order chi connectivity index (χ0) is 32.7. The molecule has 0 aromatic heterocycles. The van der Waals surface area contributed by atoms with Gasteiger partial charge in [-0.05, 0) is 53.6 Å². The van der Waals surface area contributed by atoms with Crippen molar-refractivity contribution in [2.45, 2.75) is 32.0 Å². The van der Waals surface area contributed by atoms with E-state index >= 15 is 0 Å². The van der Waals surface area contributed by atoms with Gasteiger partial charge in [-0.1, -0.05) is 95.7 Å². The van der Waals surface area contributed by atoms with Crippen molar-refractivity contribution in [2.24, 2.45) is 5.92 Å². The smallest absolute Gasteiger partial charge is 0.264 e. The Balaban J connectivity index is 1.35. The number of halogens is 1. The van der Waals surface area contributed by atoms with Gasteiger partial charge in [0.2, 0.25) is 12.3 Å². The normalized spacial score (nSPS) is 16.3. The zero-order valence-corrected chi connectivity index (χ0v) is 27.1. The van der Waals surface area contributed by atoms with Crippen LogP contribution in [0.1, 0.15) is 30.0 Å². The average molecular weight is 683 g/mol. The first-order valence-electron chi connectivity index (χ1n) is 15.1. The molecule has 9 heteroatoms. The van der Waals surface area contributed by atoms with Crippen LogP contribution in [0.5, 0.6) is 0 Å². The van der Waals surface area contributed by atoms with Gasteiger partial charge in [0.25, 0.3) is 5.91 Å². The molecular formula is C37H36BrN3O5. The molecule has 3 amide bonds. The minimum Gasteiger partial charge on any atom is -0.395 e. The molecule has 1 aliphatic rings. The van der Waals surface area contributed by atoms with Crippen molar-refractivity contribution in [1.29, 1.82) is 0 Å². The first kappa shape index (κ1) is 32.8. The van der Waals surface area contributed by atoms with Crippen LogP contribution < -0.4 is 9.80 Å². The van der Waals surface area contributed by atoms with Crippen LogP contribution in [0.25, 0.3) is 0 Å². The maximum absolute atomic E-state index is 14.1. The summed E-state index contributed by atoms with van der Waals surface area (Å²) in [5.41, 5.74) is 2.29. The molecule has 0 radical (unpaired) electrons. The summed E-state index contributed by atoms with van der Waals surface area (Å²) in [6.07, 6.45) is 4.18. The Labute approximate surface area is 277 Å². The van der Waals surface area contributed by atoms with Gasteiger partial charge in [-0.25, -0.2) is 0 Å². The monoisotopic (exact) mass is 681 g/mol. The number of rotatable bonds is 13. The number of carbonyl (C=O) groups is 3. The molecule has 0 unspecified atom stereocenters. The van der Waals surface area contributed by atoms with Crippen molar-refractivity contribution < 1.29 is 24.6 Å². The molecule has 0 bridgehead atoms. The fourth-order valence-corrected chi connectivity index (χ4v) is 6.14.